The monoisotopic (exact) mass is 242 g/mol. The lowest BCUT2D eigenvalue weighted by atomic mass is 9.92. The van der Waals surface area contributed by atoms with Crippen molar-refractivity contribution in [3.05, 3.63) is 0 Å². The Labute approximate surface area is 105 Å². The fraction of sp³-hybridized carbons (Fsp3) is 0.923. The molecule has 1 amide bonds. The molecule has 1 fully saturated rings. The van der Waals surface area contributed by atoms with E-state index in [2.05, 4.69) is 26.1 Å². The maximum atomic E-state index is 12.7. The summed E-state index contributed by atoms with van der Waals surface area (Å²) in [6.45, 7) is 8.44. The van der Waals surface area contributed by atoms with E-state index in [1.54, 1.807) is 7.11 Å². The Bertz CT molecular complexity index is 248. The molecule has 1 aliphatic rings. The summed E-state index contributed by atoms with van der Waals surface area (Å²) in [5, 5.41) is 3.40. The van der Waals surface area contributed by atoms with Crippen molar-refractivity contribution in [1.82, 2.24) is 10.2 Å². The average Bonchev–Trinajstić information content (AvgIpc) is 2.78. The van der Waals surface area contributed by atoms with Crippen molar-refractivity contribution in [2.75, 3.05) is 26.8 Å². The van der Waals surface area contributed by atoms with Crippen LogP contribution in [0.5, 0.6) is 0 Å². The van der Waals surface area contributed by atoms with Gasteiger partial charge in [0, 0.05) is 19.7 Å². The second-order valence-electron chi connectivity index (χ2n) is 5.05. The molecule has 0 spiro atoms. The Balaban J connectivity index is 2.75. The average molecular weight is 242 g/mol. The maximum absolute atomic E-state index is 12.7. The fourth-order valence-corrected chi connectivity index (χ4v) is 2.50. The molecule has 1 rings (SSSR count). The number of ether oxygens (including phenoxy) is 1. The Morgan fingerprint density at radius 2 is 2.24 bits per heavy atom. The van der Waals surface area contributed by atoms with E-state index >= 15 is 0 Å². The first-order valence-electron chi connectivity index (χ1n) is 6.62. The minimum atomic E-state index is -0.321. The first-order chi connectivity index (χ1) is 8.07. The van der Waals surface area contributed by atoms with Crippen molar-refractivity contribution < 1.29 is 9.53 Å². The van der Waals surface area contributed by atoms with Gasteiger partial charge < -0.3 is 15.0 Å². The highest BCUT2D eigenvalue weighted by atomic mass is 16.5. The van der Waals surface area contributed by atoms with Gasteiger partial charge in [-0.15, -0.1) is 0 Å². The third-order valence-electron chi connectivity index (χ3n) is 3.68. The van der Waals surface area contributed by atoms with Gasteiger partial charge in [0.05, 0.1) is 12.1 Å². The van der Waals surface area contributed by atoms with E-state index in [0.29, 0.717) is 13.2 Å². The lowest BCUT2D eigenvalue weighted by Crippen LogP contribution is -2.56. The van der Waals surface area contributed by atoms with Crippen LogP contribution >= 0.6 is 0 Å². The molecule has 0 radical (unpaired) electrons. The van der Waals surface area contributed by atoms with Gasteiger partial charge in [-0.2, -0.15) is 0 Å². The predicted molar refractivity (Wildman–Crippen MR) is 69.0 cm³/mol. The molecular formula is C13H26N2O2. The van der Waals surface area contributed by atoms with Crippen molar-refractivity contribution in [2.24, 2.45) is 0 Å². The summed E-state index contributed by atoms with van der Waals surface area (Å²) >= 11 is 0. The summed E-state index contributed by atoms with van der Waals surface area (Å²) in [7, 11) is 1.67. The number of carbonyl (C=O) groups excluding carboxylic acids is 1. The van der Waals surface area contributed by atoms with Crippen LogP contribution in [0.2, 0.25) is 0 Å². The van der Waals surface area contributed by atoms with E-state index in [1.807, 2.05) is 4.90 Å². The number of nitrogens with zero attached hydrogens (tertiary/aromatic N) is 1. The maximum Gasteiger partial charge on any atom is 0.243 e. The summed E-state index contributed by atoms with van der Waals surface area (Å²) in [6.07, 6.45) is 2.91. The van der Waals surface area contributed by atoms with Gasteiger partial charge in [-0.1, -0.05) is 6.92 Å². The molecule has 0 aromatic rings. The van der Waals surface area contributed by atoms with E-state index in [-0.39, 0.29) is 17.5 Å². The zero-order valence-corrected chi connectivity index (χ0v) is 11.6. The molecule has 4 nitrogen and oxygen atoms in total. The lowest BCUT2D eigenvalue weighted by molar-refractivity contribution is -0.140. The van der Waals surface area contributed by atoms with Crippen molar-refractivity contribution in [3.63, 3.8) is 0 Å². The van der Waals surface area contributed by atoms with Crippen LogP contribution in [0.4, 0.5) is 0 Å². The third-order valence-corrected chi connectivity index (χ3v) is 3.68. The number of methoxy groups -OCH3 is 1. The molecule has 0 saturated carbocycles. The van der Waals surface area contributed by atoms with Gasteiger partial charge in [0.25, 0.3) is 0 Å². The molecular weight excluding hydrogens is 216 g/mol. The van der Waals surface area contributed by atoms with E-state index < -0.39 is 0 Å². The van der Waals surface area contributed by atoms with Crippen LogP contribution in [0.15, 0.2) is 0 Å². The molecule has 1 saturated heterocycles. The fourth-order valence-electron chi connectivity index (χ4n) is 2.50. The molecule has 1 aliphatic heterocycles. The van der Waals surface area contributed by atoms with E-state index in [1.165, 1.54) is 0 Å². The smallest absolute Gasteiger partial charge is 0.243 e. The molecule has 1 unspecified atom stereocenters. The van der Waals surface area contributed by atoms with Gasteiger partial charge in [0.15, 0.2) is 0 Å². The Hall–Kier alpha value is -0.610. The van der Waals surface area contributed by atoms with E-state index in [9.17, 15) is 4.79 Å². The number of hydrogen-bond donors (Lipinski definition) is 1. The van der Waals surface area contributed by atoms with Crippen molar-refractivity contribution in [2.45, 2.75) is 51.6 Å². The largest absolute Gasteiger partial charge is 0.383 e. The van der Waals surface area contributed by atoms with Crippen molar-refractivity contribution >= 4 is 5.91 Å². The van der Waals surface area contributed by atoms with E-state index in [4.69, 9.17) is 4.74 Å². The zero-order valence-electron chi connectivity index (χ0n) is 11.6. The lowest BCUT2D eigenvalue weighted by Gasteiger charge is -2.36. The molecule has 1 N–H and O–H groups in total. The predicted octanol–water partition coefficient (Wildman–Crippen LogP) is 1.40. The molecule has 100 valence electrons. The molecule has 4 heteroatoms. The Kier molecular flexibility index (Phi) is 5.40. The second kappa shape index (κ2) is 6.36. The Morgan fingerprint density at radius 1 is 1.53 bits per heavy atom. The second-order valence-corrected chi connectivity index (χ2v) is 5.05. The first-order valence-corrected chi connectivity index (χ1v) is 6.62. The van der Waals surface area contributed by atoms with Crippen LogP contribution in [-0.4, -0.2) is 49.2 Å². The number of rotatable bonds is 6. The quantitative estimate of drug-likeness (QED) is 0.765. The summed E-state index contributed by atoms with van der Waals surface area (Å²) < 4.78 is 5.09. The summed E-state index contributed by atoms with van der Waals surface area (Å²) in [6, 6.07) is 0.225. The van der Waals surface area contributed by atoms with Gasteiger partial charge in [0.1, 0.15) is 0 Å². The molecule has 0 aromatic heterocycles. The number of hydrogen-bond acceptors (Lipinski definition) is 3. The highest BCUT2D eigenvalue weighted by Crippen LogP contribution is 2.26. The minimum Gasteiger partial charge on any atom is -0.383 e. The van der Waals surface area contributed by atoms with Crippen LogP contribution in [0.3, 0.4) is 0 Å². The topological polar surface area (TPSA) is 41.6 Å². The van der Waals surface area contributed by atoms with Crippen LogP contribution in [0.1, 0.15) is 40.0 Å². The number of nitrogens with one attached hydrogen (secondary N) is 1. The van der Waals surface area contributed by atoms with Crippen LogP contribution in [-0.2, 0) is 9.53 Å². The summed E-state index contributed by atoms with van der Waals surface area (Å²) in [5.74, 6) is 0.240. The van der Waals surface area contributed by atoms with Gasteiger partial charge >= 0.3 is 0 Å². The SMILES string of the molecule is CCC1(C(=O)N(CCOC)C(C)C)CCCN1. The normalized spacial score (nSPS) is 24.3. The third kappa shape index (κ3) is 3.19. The summed E-state index contributed by atoms with van der Waals surface area (Å²) in [5.41, 5.74) is -0.321. The minimum absolute atomic E-state index is 0.225. The molecule has 0 bridgehead atoms. The highest BCUT2D eigenvalue weighted by molar-refractivity contribution is 5.87. The first kappa shape index (κ1) is 14.5. The van der Waals surface area contributed by atoms with Crippen molar-refractivity contribution in [3.8, 4) is 0 Å². The molecule has 17 heavy (non-hydrogen) atoms. The zero-order chi connectivity index (χ0) is 12.9. The Morgan fingerprint density at radius 3 is 2.65 bits per heavy atom. The molecule has 1 atom stereocenters. The van der Waals surface area contributed by atoms with E-state index in [0.717, 1.165) is 25.8 Å². The van der Waals surface area contributed by atoms with Gasteiger partial charge in [-0.3, -0.25) is 4.79 Å². The standard InChI is InChI=1S/C13H26N2O2/c1-5-13(7-6-8-14-13)12(16)15(11(2)3)9-10-17-4/h11,14H,5-10H2,1-4H3. The van der Waals surface area contributed by atoms with Crippen LogP contribution in [0.25, 0.3) is 0 Å². The highest BCUT2D eigenvalue weighted by Gasteiger charge is 2.42. The number of carbonyl (C=O) groups is 1. The number of amides is 1. The summed E-state index contributed by atoms with van der Waals surface area (Å²) in [4.78, 5) is 14.6. The molecule has 1 heterocycles. The van der Waals surface area contributed by atoms with Gasteiger partial charge in [0.2, 0.25) is 5.91 Å². The molecule has 0 aromatic carbocycles. The van der Waals surface area contributed by atoms with Gasteiger partial charge in [-0.05, 0) is 39.7 Å². The van der Waals surface area contributed by atoms with Crippen LogP contribution < -0.4 is 5.32 Å². The molecule has 0 aliphatic carbocycles. The van der Waals surface area contributed by atoms with Gasteiger partial charge in [-0.25, -0.2) is 0 Å². The van der Waals surface area contributed by atoms with Crippen LogP contribution in [0, 0.1) is 0 Å². The van der Waals surface area contributed by atoms with Crippen molar-refractivity contribution in [1.29, 1.82) is 0 Å².